The van der Waals surface area contributed by atoms with Gasteiger partial charge in [0.2, 0.25) is 0 Å². The lowest BCUT2D eigenvalue weighted by molar-refractivity contribution is 0.214. The number of guanidine groups is 1. The number of aliphatic imine (C=N–C) groups is 1. The third-order valence-electron chi connectivity index (χ3n) is 3.27. The zero-order chi connectivity index (χ0) is 12.7. The Morgan fingerprint density at radius 1 is 1.53 bits per heavy atom. The van der Waals surface area contributed by atoms with Gasteiger partial charge in [0.25, 0.3) is 0 Å². The minimum atomic E-state index is 0.610. The predicted molar refractivity (Wildman–Crippen MR) is 74.2 cm³/mol. The fourth-order valence-electron chi connectivity index (χ4n) is 2.19. The smallest absolute Gasteiger partial charge is 0.188 e. The molecule has 1 rings (SSSR count). The van der Waals surface area contributed by atoms with Crippen molar-refractivity contribution in [3.8, 4) is 0 Å². The SMILES string of the molecule is CC(C)CCNC(N)=NCC1CCCN(C)C1. The Morgan fingerprint density at radius 3 is 2.94 bits per heavy atom. The van der Waals surface area contributed by atoms with E-state index >= 15 is 0 Å². The molecule has 0 aromatic rings. The number of piperidine rings is 1. The number of rotatable bonds is 5. The summed E-state index contributed by atoms with van der Waals surface area (Å²) in [6, 6.07) is 0. The number of nitrogens with one attached hydrogen (secondary N) is 1. The number of nitrogens with two attached hydrogens (primary N) is 1. The highest BCUT2D eigenvalue weighted by atomic mass is 15.1. The molecule has 4 nitrogen and oxygen atoms in total. The van der Waals surface area contributed by atoms with Gasteiger partial charge in [0, 0.05) is 19.6 Å². The molecule has 1 fully saturated rings. The summed E-state index contributed by atoms with van der Waals surface area (Å²) in [6.45, 7) is 8.60. The molecular formula is C13H28N4. The molecule has 1 aliphatic heterocycles. The van der Waals surface area contributed by atoms with Crippen molar-refractivity contribution in [1.82, 2.24) is 10.2 Å². The molecule has 1 atom stereocenters. The fraction of sp³-hybridized carbons (Fsp3) is 0.923. The Labute approximate surface area is 106 Å². The van der Waals surface area contributed by atoms with Gasteiger partial charge in [0.15, 0.2) is 5.96 Å². The van der Waals surface area contributed by atoms with Crippen molar-refractivity contribution >= 4 is 5.96 Å². The summed E-state index contributed by atoms with van der Waals surface area (Å²) < 4.78 is 0. The predicted octanol–water partition coefficient (Wildman–Crippen LogP) is 1.28. The highest BCUT2D eigenvalue weighted by molar-refractivity contribution is 5.77. The second-order valence-corrected chi connectivity index (χ2v) is 5.61. The minimum Gasteiger partial charge on any atom is -0.370 e. The molecule has 0 saturated carbocycles. The van der Waals surface area contributed by atoms with Crippen LogP contribution in [0.2, 0.25) is 0 Å². The lowest BCUT2D eigenvalue weighted by Crippen LogP contribution is -2.36. The molecule has 0 aliphatic carbocycles. The van der Waals surface area contributed by atoms with E-state index in [2.05, 4.69) is 36.1 Å². The van der Waals surface area contributed by atoms with E-state index in [9.17, 15) is 0 Å². The standard InChI is InChI=1S/C13H28N4/c1-11(2)6-7-15-13(14)16-9-12-5-4-8-17(3)10-12/h11-12H,4-10H2,1-3H3,(H3,14,15,16). The summed E-state index contributed by atoms with van der Waals surface area (Å²) in [6.07, 6.45) is 3.72. The molecule has 0 spiro atoms. The fourth-order valence-corrected chi connectivity index (χ4v) is 2.19. The quantitative estimate of drug-likeness (QED) is 0.562. The topological polar surface area (TPSA) is 53.6 Å². The van der Waals surface area contributed by atoms with Gasteiger partial charge in [-0.25, -0.2) is 0 Å². The highest BCUT2D eigenvalue weighted by Gasteiger charge is 2.16. The molecule has 1 aliphatic rings. The molecule has 1 unspecified atom stereocenters. The first-order chi connectivity index (χ1) is 8.08. The Balaban J connectivity index is 2.17. The lowest BCUT2D eigenvalue weighted by Gasteiger charge is -2.28. The Bertz CT molecular complexity index is 238. The third kappa shape index (κ3) is 6.51. The summed E-state index contributed by atoms with van der Waals surface area (Å²) in [7, 11) is 2.18. The summed E-state index contributed by atoms with van der Waals surface area (Å²) in [5.74, 6) is 2.00. The van der Waals surface area contributed by atoms with Gasteiger partial charge in [0.1, 0.15) is 0 Å². The number of likely N-dealkylation sites (tertiary alicyclic amines) is 1. The molecule has 0 radical (unpaired) electrons. The van der Waals surface area contributed by atoms with Gasteiger partial charge in [-0.15, -0.1) is 0 Å². The molecule has 4 heteroatoms. The molecule has 3 N–H and O–H groups in total. The van der Waals surface area contributed by atoms with E-state index in [0.29, 0.717) is 17.8 Å². The van der Waals surface area contributed by atoms with Crippen molar-refractivity contribution in [2.75, 3.05) is 33.2 Å². The normalized spacial score (nSPS) is 23.1. The summed E-state index contributed by atoms with van der Waals surface area (Å²) in [5.41, 5.74) is 5.84. The zero-order valence-electron chi connectivity index (χ0n) is 11.6. The van der Waals surface area contributed by atoms with Crippen LogP contribution in [0.1, 0.15) is 33.1 Å². The van der Waals surface area contributed by atoms with Gasteiger partial charge >= 0.3 is 0 Å². The van der Waals surface area contributed by atoms with Crippen molar-refractivity contribution in [2.24, 2.45) is 22.6 Å². The molecule has 100 valence electrons. The van der Waals surface area contributed by atoms with E-state index in [4.69, 9.17) is 5.73 Å². The second kappa shape index (κ2) is 7.54. The third-order valence-corrected chi connectivity index (χ3v) is 3.27. The van der Waals surface area contributed by atoms with Crippen LogP contribution in [0.3, 0.4) is 0 Å². The van der Waals surface area contributed by atoms with Crippen LogP contribution in [0.15, 0.2) is 4.99 Å². The number of hydrogen-bond donors (Lipinski definition) is 2. The van der Waals surface area contributed by atoms with E-state index < -0.39 is 0 Å². The van der Waals surface area contributed by atoms with Crippen molar-refractivity contribution in [2.45, 2.75) is 33.1 Å². The highest BCUT2D eigenvalue weighted by Crippen LogP contribution is 2.14. The monoisotopic (exact) mass is 240 g/mol. The Morgan fingerprint density at radius 2 is 2.29 bits per heavy atom. The lowest BCUT2D eigenvalue weighted by atomic mass is 9.99. The van der Waals surface area contributed by atoms with Crippen LogP contribution < -0.4 is 11.1 Å². The van der Waals surface area contributed by atoms with Gasteiger partial charge in [-0.2, -0.15) is 0 Å². The van der Waals surface area contributed by atoms with Gasteiger partial charge < -0.3 is 16.0 Å². The van der Waals surface area contributed by atoms with Crippen LogP contribution in [0.25, 0.3) is 0 Å². The van der Waals surface area contributed by atoms with Crippen LogP contribution in [0.5, 0.6) is 0 Å². The average Bonchev–Trinajstić information content (AvgIpc) is 2.26. The van der Waals surface area contributed by atoms with E-state index in [-0.39, 0.29) is 0 Å². The molecule has 17 heavy (non-hydrogen) atoms. The summed E-state index contributed by atoms with van der Waals surface area (Å²) in [5, 5.41) is 3.18. The largest absolute Gasteiger partial charge is 0.370 e. The Kier molecular flexibility index (Phi) is 6.34. The van der Waals surface area contributed by atoms with Crippen molar-refractivity contribution < 1.29 is 0 Å². The average molecular weight is 240 g/mol. The van der Waals surface area contributed by atoms with E-state index in [1.54, 1.807) is 0 Å². The molecule has 0 amide bonds. The van der Waals surface area contributed by atoms with Gasteiger partial charge in [-0.3, -0.25) is 4.99 Å². The first-order valence-corrected chi connectivity index (χ1v) is 6.80. The molecule has 0 aromatic carbocycles. The van der Waals surface area contributed by atoms with Crippen LogP contribution in [0, 0.1) is 11.8 Å². The zero-order valence-corrected chi connectivity index (χ0v) is 11.6. The van der Waals surface area contributed by atoms with Crippen LogP contribution in [-0.4, -0.2) is 44.1 Å². The maximum Gasteiger partial charge on any atom is 0.188 e. The Hall–Kier alpha value is -0.770. The molecule has 1 heterocycles. The maximum absolute atomic E-state index is 5.84. The van der Waals surface area contributed by atoms with Gasteiger partial charge in [0.05, 0.1) is 0 Å². The van der Waals surface area contributed by atoms with Gasteiger partial charge in [-0.1, -0.05) is 13.8 Å². The van der Waals surface area contributed by atoms with Crippen molar-refractivity contribution in [1.29, 1.82) is 0 Å². The van der Waals surface area contributed by atoms with Crippen molar-refractivity contribution in [3.05, 3.63) is 0 Å². The molecule has 0 bridgehead atoms. The van der Waals surface area contributed by atoms with Crippen LogP contribution >= 0.6 is 0 Å². The number of nitrogens with zero attached hydrogens (tertiary/aromatic N) is 2. The van der Waals surface area contributed by atoms with E-state index in [1.807, 2.05) is 0 Å². The minimum absolute atomic E-state index is 0.610. The molecular weight excluding hydrogens is 212 g/mol. The number of hydrogen-bond acceptors (Lipinski definition) is 2. The first kappa shape index (κ1) is 14.3. The van der Waals surface area contributed by atoms with E-state index in [1.165, 1.54) is 19.4 Å². The van der Waals surface area contributed by atoms with Crippen LogP contribution in [0.4, 0.5) is 0 Å². The van der Waals surface area contributed by atoms with E-state index in [0.717, 1.165) is 26.1 Å². The van der Waals surface area contributed by atoms with Crippen LogP contribution in [-0.2, 0) is 0 Å². The summed E-state index contributed by atoms with van der Waals surface area (Å²) in [4.78, 5) is 6.82. The maximum atomic E-state index is 5.84. The second-order valence-electron chi connectivity index (χ2n) is 5.61. The summed E-state index contributed by atoms with van der Waals surface area (Å²) >= 11 is 0. The first-order valence-electron chi connectivity index (χ1n) is 6.80. The van der Waals surface area contributed by atoms with Gasteiger partial charge in [-0.05, 0) is 44.7 Å². The molecule has 1 saturated heterocycles. The van der Waals surface area contributed by atoms with Crippen molar-refractivity contribution in [3.63, 3.8) is 0 Å². The molecule has 0 aromatic heterocycles.